The molecular formula is C23H22N4O3. The lowest BCUT2D eigenvalue weighted by atomic mass is 10.0. The number of nitrogens with zero attached hydrogens (tertiary/aromatic N) is 2. The van der Waals surface area contributed by atoms with Crippen LogP contribution in [0.25, 0.3) is 0 Å². The van der Waals surface area contributed by atoms with Crippen LogP contribution in [0.3, 0.4) is 0 Å². The van der Waals surface area contributed by atoms with Crippen molar-refractivity contribution in [2.24, 2.45) is 0 Å². The number of carbonyl (C=O) groups excluding carboxylic acids is 2. The molecule has 152 valence electrons. The molecule has 0 saturated carbocycles. The summed E-state index contributed by atoms with van der Waals surface area (Å²) < 4.78 is 5.23. The van der Waals surface area contributed by atoms with Gasteiger partial charge in [0.1, 0.15) is 18.5 Å². The molecule has 2 heterocycles. The average molecular weight is 402 g/mol. The summed E-state index contributed by atoms with van der Waals surface area (Å²) in [7, 11) is 1.60. The minimum atomic E-state index is -0.473. The summed E-state index contributed by atoms with van der Waals surface area (Å²) in [6.07, 6.45) is 1.20. The van der Waals surface area contributed by atoms with Gasteiger partial charge in [-0.25, -0.2) is 0 Å². The van der Waals surface area contributed by atoms with Crippen molar-refractivity contribution in [2.75, 3.05) is 19.0 Å². The number of rotatable bonds is 6. The number of methoxy groups -OCH3 is 1. The summed E-state index contributed by atoms with van der Waals surface area (Å²) in [4.78, 5) is 31.6. The second-order valence-electron chi connectivity index (χ2n) is 6.90. The van der Waals surface area contributed by atoms with E-state index in [0.717, 1.165) is 22.7 Å². The van der Waals surface area contributed by atoms with Crippen LogP contribution in [0.1, 0.15) is 27.8 Å². The van der Waals surface area contributed by atoms with Gasteiger partial charge < -0.3 is 20.3 Å². The minimum Gasteiger partial charge on any atom is -0.497 e. The molecule has 2 amide bonds. The van der Waals surface area contributed by atoms with Crippen LogP contribution in [0.2, 0.25) is 0 Å². The summed E-state index contributed by atoms with van der Waals surface area (Å²) >= 11 is 0. The predicted octanol–water partition coefficient (Wildman–Crippen LogP) is 2.97. The third-order valence-electron chi connectivity index (χ3n) is 4.96. The van der Waals surface area contributed by atoms with Crippen molar-refractivity contribution in [2.45, 2.75) is 12.7 Å². The second kappa shape index (κ2) is 8.65. The van der Waals surface area contributed by atoms with Crippen molar-refractivity contribution in [1.82, 2.24) is 15.2 Å². The number of benzene rings is 2. The van der Waals surface area contributed by atoms with E-state index in [1.807, 2.05) is 60.7 Å². The molecule has 0 aliphatic carbocycles. The van der Waals surface area contributed by atoms with Crippen molar-refractivity contribution in [3.05, 3.63) is 89.7 Å². The molecule has 0 spiro atoms. The van der Waals surface area contributed by atoms with E-state index in [2.05, 4.69) is 15.6 Å². The van der Waals surface area contributed by atoms with Gasteiger partial charge in [-0.1, -0.05) is 30.3 Å². The maximum absolute atomic E-state index is 13.2. The van der Waals surface area contributed by atoms with Crippen LogP contribution in [-0.4, -0.2) is 35.4 Å². The molecule has 7 heteroatoms. The van der Waals surface area contributed by atoms with E-state index in [1.54, 1.807) is 19.4 Å². The van der Waals surface area contributed by atoms with Crippen LogP contribution >= 0.6 is 0 Å². The number of fused-ring (bicyclic) bond motifs is 1. The van der Waals surface area contributed by atoms with Crippen molar-refractivity contribution in [3.63, 3.8) is 0 Å². The highest BCUT2D eigenvalue weighted by Gasteiger charge is 2.34. The quantitative estimate of drug-likeness (QED) is 0.662. The summed E-state index contributed by atoms with van der Waals surface area (Å²) in [5, 5.41) is 6.22. The number of pyridine rings is 1. The molecule has 0 bridgehead atoms. The molecule has 1 aliphatic rings. The zero-order valence-electron chi connectivity index (χ0n) is 16.5. The number of ether oxygens (including phenoxy) is 1. The van der Waals surface area contributed by atoms with Gasteiger partial charge in [-0.05, 0) is 42.0 Å². The summed E-state index contributed by atoms with van der Waals surface area (Å²) in [6, 6.07) is 20.3. The topological polar surface area (TPSA) is 83.6 Å². The molecule has 0 saturated heterocycles. The lowest BCUT2D eigenvalue weighted by molar-refractivity contribution is -0.122. The van der Waals surface area contributed by atoms with Gasteiger partial charge in [0, 0.05) is 11.9 Å². The van der Waals surface area contributed by atoms with E-state index in [0.29, 0.717) is 12.1 Å². The molecule has 1 aromatic heterocycles. The van der Waals surface area contributed by atoms with Gasteiger partial charge in [0.15, 0.2) is 0 Å². The van der Waals surface area contributed by atoms with Crippen molar-refractivity contribution in [1.29, 1.82) is 0 Å². The Morgan fingerprint density at radius 2 is 1.87 bits per heavy atom. The van der Waals surface area contributed by atoms with Gasteiger partial charge in [-0.2, -0.15) is 0 Å². The Morgan fingerprint density at radius 1 is 1.10 bits per heavy atom. The fourth-order valence-electron chi connectivity index (χ4n) is 3.41. The third kappa shape index (κ3) is 4.10. The van der Waals surface area contributed by atoms with Gasteiger partial charge in [-0.15, -0.1) is 0 Å². The van der Waals surface area contributed by atoms with Gasteiger partial charge >= 0.3 is 0 Å². The van der Waals surface area contributed by atoms with Crippen LogP contribution in [0.4, 0.5) is 5.69 Å². The third-order valence-corrected chi connectivity index (χ3v) is 4.96. The van der Waals surface area contributed by atoms with Crippen molar-refractivity contribution >= 4 is 17.5 Å². The highest BCUT2D eigenvalue weighted by Crippen LogP contribution is 2.33. The highest BCUT2D eigenvalue weighted by molar-refractivity contribution is 6.03. The first kappa shape index (κ1) is 19.4. The second-order valence-corrected chi connectivity index (χ2v) is 6.90. The number of hydrogen-bond donors (Lipinski definition) is 2. The molecule has 1 unspecified atom stereocenters. The number of nitrogens with one attached hydrogen (secondary N) is 2. The molecule has 1 atom stereocenters. The Morgan fingerprint density at radius 3 is 2.60 bits per heavy atom. The number of amides is 2. The molecule has 7 nitrogen and oxygen atoms in total. The number of hydrogen-bond acceptors (Lipinski definition) is 5. The molecule has 1 aliphatic heterocycles. The zero-order valence-corrected chi connectivity index (χ0v) is 16.5. The van der Waals surface area contributed by atoms with E-state index in [-0.39, 0.29) is 18.4 Å². The first-order valence-corrected chi connectivity index (χ1v) is 9.63. The van der Waals surface area contributed by atoms with Crippen molar-refractivity contribution in [3.8, 4) is 5.75 Å². The fraction of sp³-hybridized carbons (Fsp3) is 0.174. The first-order chi connectivity index (χ1) is 14.7. The zero-order chi connectivity index (χ0) is 20.9. The molecule has 0 radical (unpaired) electrons. The first-order valence-electron chi connectivity index (χ1n) is 9.63. The van der Waals surface area contributed by atoms with Crippen LogP contribution in [-0.2, 0) is 11.3 Å². The normalized spacial score (nSPS) is 15.2. The maximum Gasteiger partial charge on any atom is 0.258 e. The van der Waals surface area contributed by atoms with E-state index < -0.39 is 6.17 Å². The molecule has 0 fully saturated rings. The Bertz CT molecular complexity index is 1040. The van der Waals surface area contributed by atoms with Crippen LogP contribution in [0.15, 0.2) is 72.9 Å². The molecule has 4 rings (SSSR count). The molecule has 2 N–H and O–H groups in total. The smallest absolute Gasteiger partial charge is 0.258 e. The van der Waals surface area contributed by atoms with E-state index in [1.165, 1.54) is 4.90 Å². The number of para-hydroxylation sites is 1. The van der Waals surface area contributed by atoms with Gasteiger partial charge in [-0.3, -0.25) is 14.6 Å². The maximum atomic E-state index is 13.2. The summed E-state index contributed by atoms with van der Waals surface area (Å²) in [5.41, 5.74) is 2.90. The van der Waals surface area contributed by atoms with Gasteiger partial charge in [0.2, 0.25) is 5.91 Å². The lowest BCUT2D eigenvalue weighted by Crippen LogP contribution is -2.47. The van der Waals surface area contributed by atoms with Crippen LogP contribution < -0.4 is 15.4 Å². The van der Waals surface area contributed by atoms with Crippen LogP contribution in [0, 0.1) is 0 Å². The summed E-state index contributed by atoms with van der Waals surface area (Å²) in [6.45, 7) is 0.225. The molecular weight excluding hydrogens is 380 g/mol. The fourth-order valence-corrected chi connectivity index (χ4v) is 3.41. The minimum absolute atomic E-state index is 0.0797. The van der Waals surface area contributed by atoms with E-state index in [4.69, 9.17) is 4.74 Å². The number of aromatic nitrogens is 1. The molecule has 30 heavy (non-hydrogen) atoms. The number of anilines is 1. The Balaban J connectivity index is 1.56. The lowest BCUT2D eigenvalue weighted by Gasteiger charge is -2.37. The standard InChI is InChI=1S/C23H22N4O3/c1-30-18-11-9-16(10-12-18)22-26-20-8-3-2-7-19(20)23(29)27(22)15-21(28)25-14-17-6-4-5-13-24-17/h2-13,22,26H,14-15H2,1H3,(H,25,28). The van der Waals surface area contributed by atoms with E-state index in [9.17, 15) is 9.59 Å². The molecule has 3 aromatic rings. The predicted molar refractivity (Wildman–Crippen MR) is 113 cm³/mol. The average Bonchev–Trinajstić information content (AvgIpc) is 2.80. The SMILES string of the molecule is COc1ccc(C2Nc3ccccc3C(=O)N2CC(=O)NCc2ccccn2)cc1. The van der Waals surface area contributed by atoms with Crippen LogP contribution in [0.5, 0.6) is 5.75 Å². The molecule has 2 aromatic carbocycles. The number of carbonyl (C=O) groups is 2. The Hall–Kier alpha value is -3.87. The Labute approximate surface area is 174 Å². The largest absolute Gasteiger partial charge is 0.497 e. The van der Waals surface area contributed by atoms with Gasteiger partial charge in [0.05, 0.1) is 24.9 Å². The van der Waals surface area contributed by atoms with Gasteiger partial charge in [0.25, 0.3) is 5.91 Å². The van der Waals surface area contributed by atoms with E-state index >= 15 is 0 Å². The Kier molecular flexibility index (Phi) is 5.61. The highest BCUT2D eigenvalue weighted by atomic mass is 16.5. The summed E-state index contributed by atoms with van der Waals surface area (Å²) in [5.74, 6) is 0.271. The van der Waals surface area contributed by atoms with Crippen molar-refractivity contribution < 1.29 is 14.3 Å². The monoisotopic (exact) mass is 402 g/mol.